The molecule has 1 aliphatic heterocycles. The third-order valence-electron chi connectivity index (χ3n) is 4.93. The van der Waals surface area contributed by atoms with Crippen molar-refractivity contribution in [2.75, 3.05) is 13.6 Å². The van der Waals surface area contributed by atoms with Crippen LogP contribution in [0.25, 0.3) is 0 Å². The fourth-order valence-electron chi connectivity index (χ4n) is 3.73. The number of aliphatic carboxylic acids is 1. The lowest BCUT2D eigenvalue weighted by atomic mass is 9.72. The topological polar surface area (TPSA) is 40.5 Å². The second-order valence-electron chi connectivity index (χ2n) is 6.01. The van der Waals surface area contributed by atoms with E-state index >= 15 is 0 Å². The van der Waals surface area contributed by atoms with Crippen molar-refractivity contribution in [2.24, 2.45) is 11.8 Å². The van der Waals surface area contributed by atoms with Gasteiger partial charge < -0.3 is 5.11 Å². The molecule has 0 spiro atoms. The fraction of sp³-hybridized carbons (Fsp3) is 0.562. The van der Waals surface area contributed by atoms with Crippen LogP contribution in [-0.2, 0) is 10.3 Å². The number of hydrogen-bond donors (Lipinski definition) is 1. The van der Waals surface area contributed by atoms with Crippen molar-refractivity contribution in [3.8, 4) is 0 Å². The van der Waals surface area contributed by atoms with E-state index in [1.807, 2.05) is 6.07 Å². The Hall–Kier alpha value is -1.35. The first-order valence-electron chi connectivity index (χ1n) is 7.14. The van der Waals surface area contributed by atoms with Crippen molar-refractivity contribution in [1.29, 1.82) is 0 Å². The smallest absolute Gasteiger partial charge is 0.306 e. The fourth-order valence-corrected chi connectivity index (χ4v) is 3.73. The molecule has 1 aromatic carbocycles. The lowest BCUT2D eigenvalue weighted by Gasteiger charge is -2.48. The maximum Gasteiger partial charge on any atom is 0.306 e. The Morgan fingerprint density at radius 3 is 2.53 bits per heavy atom. The van der Waals surface area contributed by atoms with Crippen molar-refractivity contribution in [2.45, 2.75) is 31.2 Å². The predicted octanol–water partition coefficient (Wildman–Crippen LogP) is 2.72. The highest BCUT2D eigenvalue weighted by molar-refractivity contribution is 5.70. The molecule has 3 heteroatoms. The number of rotatable bonds is 3. The van der Waals surface area contributed by atoms with Gasteiger partial charge in [0, 0.05) is 5.54 Å². The normalized spacial score (nSPS) is 32.2. The van der Waals surface area contributed by atoms with Crippen LogP contribution >= 0.6 is 0 Å². The molecule has 1 saturated carbocycles. The van der Waals surface area contributed by atoms with Crippen molar-refractivity contribution < 1.29 is 9.90 Å². The minimum atomic E-state index is -0.631. The van der Waals surface area contributed by atoms with Crippen LogP contribution in [-0.4, -0.2) is 29.6 Å². The Balaban J connectivity index is 2.01. The van der Waals surface area contributed by atoms with Gasteiger partial charge >= 0.3 is 5.97 Å². The summed E-state index contributed by atoms with van der Waals surface area (Å²) in [7, 11) is 2.16. The molecule has 1 heterocycles. The van der Waals surface area contributed by atoms with E-state index in [0.717, 1.165) is 19.4 Å². The van der Waals surface area contributed by atoms with Gasteiger partial charge in [-0.25, -0.2) is 0 Å². The average molecular weight is 259 g/mol. The van der Waals surface area contributed by atoms with Crippen LogP contribution in [0.3, 0.4) is 0 Å². The third kappa shape index (κ3) is 2.06. The van der Waals surface area contributed by atoms with E-state index in [4.69, 9.17) is 0 Å². The van der Waals surface area contributed by atoms with Gasteiger partial charge in [-0.3, -0.25) is 9.69 Å². The Labute approximate surface area is 114 Å². The molecular formula is C16H21NO2. The van der Waals surface area contributed by atoms with Crippen LogP contribution in [0.4, 0.5) is 0 Å². The maximum absolute atomic E-state index is 11.4. The number of benzene rings is 1. The van der Waals surface area contributed by atoms with Crippen molar-refractivity contribution >= 4 is 5.97 Å². The van der Waals surface area contributed by atoms with E-state index in [1.54, 1.807) is 0 Å². The van der Waals surface area contributed by atoms with Crippen LogP contribution in [0.5, 0.6) is 0 Å². The van der Waals surface area contributed by atoms with Gasteiger partial charge in [0.15, 0.2) is 0 Å². The summed E-state index contributed by atoms with van der Waals surface area (Å²) in [6.07, 6.45) is 3.98. The zero-order chi connectivity index (χ0) is 13.5. The molecule has 0 radical (unpaired) electrons. The van der Waals surface area contributed by atoms with Crippen molar-refractivity contribution in [3.05, 3.63) is 35.9 Å². The number of carbonyl (C=O) groups is 1. The van der Waals surface area contributed by atoms with E-state index in [1.165, 1.54) is 18.4 Å². The number of piperidine rings is 1. The quantitative estimate of drug-likeness (QED) is 0.907. The van der Waals surface area contributed by atoms with E-state index in [9.17, 15) is 9.90 Å². The highest BCUT2D eigenvalue weighted by Gasteiger charge is 2.52. The Morgan fingerprint density at radius 1 is 1.26 bits per heavy atom. The van der Waals surface area contributed by atoms with Crippen LogP contribution < -0.4 is 0 Å². The molecule has 1 aromatic rings. The van der Waals surface area contributed by atoms with Crippen LogP contribution in [0.15, 0.2) is 30.3 Å². The van der Waals surface area contributed by atoms with Crippen molar-refractivity contribution in [3.63, 3.8) is 0 Å². The number of likely N-dealkylation sites (tertiary alicyclic amines) is 1. The van der Waals surface area contributed by atoms with E-state index < -0.39 is 5.97 Å². The van der Waals surface area contributed by atoms with Gasteiger partial charge in [-0.05, 0) is 50.8 Å². The lowest BCUT2D eigenvalue weighted by molar-refractivity contribution is -0.146. The summed E-state index contributed by atoms with van der Waals surface area (Å²) >= 11 is 0. The average Bonchev–Trinajstić information content (AvgIpc) is 3.25. The highest BCUT2D eigenvalue weighted by Crippen LogP contribution is 2.54. The molecule has 19 heavy (non-hydrogen) atoms. The van der Waals surface area contributed by atoms with E-state index in [0.29, 0.717) is 5.92 Å². The second kappa shape index (κ2) is 4.64. The summed E-state index contributed by atoms with van der Waals surface area (Å²) in [5.41, 5.74) is 1.24. The van der Waals surface area contributed by atoms with Gasteiger partial charge in [0.05, 0.1) is 5.92 Å². The first-order chi connectivity index (χ1) is 9.14. The molecule has 0 amide bonds. The molecule has 102 valence electrons. The number of nitrogens with zero attached hydrogens (tertiary/aromatic N) is 1. The maximum atomic E-state index is 11.4. The molecule has 3 rings (SSSR count). The number of carboxylic acid groups (broad SMARTS) is 1. The molecular weight excluding hydrogens is 238 g/mol. The molecule has 0 bridgehead atoms. The SMILES string of the molecule is CN1CCC(C(=O)O)CC1(c1ccccc1)C1CC1. The molecule has 3 nitrogen and oxygen atoms in total. The van der Waals surface area contributed by atoms with Gasteiger partial charge in [-0.1, -0.05) is 30.3 Å². The molecule has 1 N–H and O–H groups in total. The van der Waals surface area contributed by atoms with Gasteiger partial charge in [0.2, 0.25) is 0 Å². The van der Waals surface area contributed by atoms with Gasteiger partial charge in [0.25, 0.3) is 0 Å². The Bertz CT molecular complexity index is 469. The minimum Gasteiger partial charge on any atom is -0.481 e. The lowest BCUT2D eigenvalue weighted by Crippen LogP contribution is -2.52. The third-order valence-corrected chi connectivity index (χ3v) is 4.93. The molecule has 1 aliphatic carbocycles. The molecule has 1 saturated heterocycles. The molecule has 2 atom stereocenters. The second-order valence-corrected chi connectivity index (χ2v) is 6.01. The summed E-state index contributed by atoms with van der Waals surface area (Å²) in [5, 5.41) is 9.39. The van der Waals surface area contributed by atoms with Crippen molar-refractivity contribution in [1.82, 2.24) is 4.90 Å². The van der Waals surface area contributed by atoms with Gasteiger partial charge in [0.1, 0.15) is 0 Å². The largest absolute Gasteiger partial charge is 0.481 e. The van der Waals surface area contributed by atoms with Crippen LogP contribution in [0.2, 0.25) is 0 Å². The van der Waals surface area contributed by atoms with Crippen LogP contribution in [0.1, 0.15) is 31.2 Å². The molecule has 0 aromatic heterocycles. The Morgan fingerprint density at radius 2 is 1.95 bits per heavy atom. The standard InChI is InChI=1S/C16H21NO2/c1-17-10-9-12(15(18)19)11-16(17,14-7-8-14)13-5-3-2-4-6-13/h2-6,12,14H,7-11H2,1H3,(H,18,19). The zero-order valence-electron chi connectivity index (χ0n) is 11.4. The molecule has 2 unspecified atom stereocenters. The number of carboxylic acids is 1. The van der Waals surface area contributed by atoms with Gasteiger partial charge in [-0.15, -0.1) is 0 Å². The highest BCUT2D eigenvalue weighted by atomic mass is 16.4. The zero-order valence-corrected chi connectivity index (χ0v) is 11.4. The monoisotopic (exact) mass is 259 g/mol. The molecule has 2 aliphatic rings. The molecule has 2 fully saturated rings. The minimum absolute atomic E-state index is 0.0530. The first-order valence-corrected chi connectivity index (χ1v) is 7.14. The van der Waals surface area contributed by atoms with Gasteiger partial charge in [-0.2, -0.15) is 0 Å². The van der Waals surface area contributed by atoms with Crippen LogP contribution in [0, 0.1) is 11.8 Å². The summed E-state index contributed by atoms with van der Waals surface area (Å²) < 4.78 is 0. The first kappa shape index (κ1) is 12.7. The Kier molecular flexibility index (Phi) is 3.09. The number of hydrogen-bond acceptors (Lipinski definition) is 2. The summed E-state index contributed by atoms with van der Waals surface area (Å²) in [6.45, 7) is 0.877. The summed E-state index contributed by atoms with van der Waals surface area (Å²) in [4.78, 5) is 13.8. The summed E-state index contributed by atoms with van der Waals surface area (Å²) in [5.74, 6) is -0.201. The van der Waals surface area contributed by atoms with E-state index in [-0.39, 0.29) is 11.5 Å². The summed E-state index contributed by atoms with van der Waals surface area (Å²) in [6, 6.07) is 10.5. The predicted molar refractivity (Wildman–Crippen MR) is 73.8 cm³/mol. The van der Waals surface area contributed by atoms with E-state index in [2.05, 4.69) is 36.2 Å².